The number of aromatic nitrogens is 4. The molecule has 0 bridgehead atoms. The Kier molecular flexibility index (Phi) is 2.94. The van der Waals surface area contributed by atoms with Crippen LogP contribution in [0.5, 0.6) is 0 Å². The van der Waals surface area contributed by atoms with Gasteiger partial charge in [-0.05, 0) is 41.7 Å². The lowest BCUT2D eigenvalue weighted by Gasteiger charge is -2.03. The first-order valence-corrected chi connectivity index (χ1v) is 4.87. The first-order valence-electron chi connectivity index (χ1n) is 4.49. The fourth-order valence-electron chi connectivity index (χ4n) is 1.26. The van der Waals surface area contributed by atoms with Crippen LogP contribution in [0.25, 0.3) is 5.69 Å². The van der Waals surface area contributed by atoms with Crippen LogP contribution in [0.2, 0.25) is 5.02 Å². The van der Waals surface area contributed by atoms with E-state index in [4.69, 9.17) is 11.6 Å². The topological polar surface area (TPSA) is 55.6 Å². The average Bonchev–Trinajstić information content (AvgIpc) is 2.68. The van der Waals surface area contributed by atoms with Gasteiger partial charge in [0, 0.05) is 5.02 Å². The van der Waals surface area contributed by atoms with Gasteiger partial charge in [0.05, 0.1) is 12.2 Å². The van der Waals surface area contributed by atoms with Crippen molar-refractivity contribution in [3.63, 3.8) is 0 Å². The molecule has 1 aromatic heterocycles. The van der Waals surface area contributed by atoms with Gasteiger partial charge in [-0.25, -0.2) is 0 Å². The Bertz CT molecular complexity index is 436. The first-order chi connectivity index (χ1) is 7.31. The summed E-state index contributed by atoms with van der Waals surface area (Å²) in [4.78, 5) is 0. The van der Waals surface area contributed by atoms with Gasteiger partial charge in [-0.2, -0.15) is 4.68 Å². The van der Waals surface area contributed by atoms with Gasteiger partial charge in [-0.1, -0.05) is 11.6 Å². The van der Waals surface area contributed by atoms with Crippen molar-refractivity contribution < 1.29 is 0 Å². The summed E-state index contributed by atoms with van der Waals surface area (Å²) in [5.74, 6) is 0.764. The molecule has 5 nitrogen and oxygen atoms in total. The number of rotatable bonds is 3. The minimum atomic E-state index is 0.621. The Hall–Kier alpha value is -1.46. The Labute approximate surface area is 92.1 Å². The predicted molar refractivity (Wildman–Crippen MR) is 56.9 cm³/mol. The van der Waals surface area contributed by atoms with Crippen molar-refractivity contribution in [2.24, 2.45) is 0 Å². The van der Waals surface area contributed by atoms with Gasteiger partial charge in [0.2, 0.25) is 0 Å². The van der Waals surface area contributed by atoms with Crippen LogP contribution in [0.15, 0.2) is 24.3 Å². The van der Waals surface area contributed by atoms with Crippen molar-refractivity contribution in [2.45, 2.75) is 6.54 Å². The van der Waals surface area contributed by atoms with Crippen molar-refractivity contribution in [3.8, 4) is 5.69 Å². The number of benzene rings is 1. The number of hydrogen-bond donors (Lipinski definition) is 1. The van der Waals surface area contributed by atoms with E-state index in [1.54, 1.807) is 4.68 Å². The molecule has 6 heteroatoms. The van der Waals surface area contributed by atoms with Crippen molar-refractivity contribution in [1.29, 1.82) is 0 Å². The van der Waals surface area contributed by atoms with Crippen LogP contribution >= 0.6 is 11.6 Å². The molecule has 2 aromatic rings. The fourth-order valence-corrected chi connectivity index (χ4v) is 1.38. The SMILES string of the molecule is CNCc1nnnn1-c1ccc(Cl)cc1. The zero-order chi connectivity index (χ0) is 10.7. The van der Waals surface area contributed by atoms with E-state index < -0.39 is 0 Å². The van der Waals surface area contributed by atoms with Crippen molar-refractivity contribution >= 4 is 11.6 Å². The number of nitrogens with one attached hydrogen (secondary N) is 1. The molecule has 0 aliphatic rings. The van der Waals surface area contributed by atoms with Crippen LogP contribution < -0.4 is 5.32 Å². The van der Waals surface area contributed by atoms with Crippen molar-refractivity contribution in [3.05, 3.63) is 35.1 Å². The molecular formula is C9H10ClN5. The van der Waals surface area contributed by atoms with E-state index in [1.165, 1.54) is 0 Å². The Morgan fingerprint density at radius 1 is 1.33 bits per heavy atom. The molecule has 0 atom stereocenters. The highest BCUT2D eigenvalue weighted by Crippen LogP contribution is 2.13. The molecule has 0 amide bonds. The third-order valence-electron chi connectivity index (χ3n) is 1.94. The molecule has 2 rings (SSSR count). The van der Waals surface area contributed by atoms with Gasteiger partial charge in [0.15, 0.2) is 5.82 Å². The zero-order valence-electron chi connectivity index (χ0n) is 8.18. The van der Waals surface area contributed by atoms with E-state index in [9.17, 15) is 0 Å². The molecule has 15 heavy (non-hydrogen) atoms. The maximum atomic E-state index is 5.80. The van der Waals surface area contributed by atoms with Gasteiger partial charge >= 0.3 is 0 Å². The first kappa shape index (κ1) is 10.1. The molecule has 0 radical (unpaired) electrons. The van der Waals surface area contributed by atoms with E-state index in [1.807, 2.05) is 31.3 Å². The van der Waals surface area contributed by atoms with E-state index in [0.29, 0.717) is 11.6 Å². The summed E-state index contributed by atoms with van der Waals surface area (Å²) in [7, 11) is 1.85. The summed E-state index contributed by atoms with van der Waals surface area (Å²) in [6.07, 6.45) is 0. The van der Waals surface area contributed by atoms with Gasteiger partial charge in [-0.3, -0.25) is 0 Å². The normalized spacial score (nSPS) is 10.5. The second-order valence-electron chi connectivity index (χ2n) is 3.01. The van der Waals surface area contributed by atoms with Crippen molar-refractivity contribution in [1.82, 2.24) is 25.5 Å². The van der Waals surface area contributed by atoms with Gasteiger partial charge in [0.25, 0.3) is 0 Å². The largest absolute Gasteiger partial charge is 0.313 e. The molecule has 1 N–H and O–H groups in total. The number of tetrazole rings is 1. The quantitative estimate of drug-likeness (QED) is 0.845. The highest BCUT2D eigenvalue weighted by molar-refractivity contribution is 6.30. The summed E-state index contributed by atoms with van der Waals surface area (Å²) in [5, 5.41) is 15.1. The van der Waals surface area contributed by atoms with E-state index in [2.05, 4.69) is 20.8 Å². The highest BCUT2D eigenvalue weighted by atomic mass is 35.5. The summed E-state index contributed by atoms with van der Waals surface area (Å²) >= 11 is 5.80. The molecule has 0 aliphatic carbocycles. The third-order valence-corrected chi connectivity index (χ3v) is 2.19. The van der Waals surface area contributed by atoms with Gasteiger partial charge in [0.1, 0.15) is 0 Å². The fraction of sp³-hybridized carbons (Fsp3) is 0.222. The van der Waals surface area contributed by atoms with Crippen LogP contribution in [-0.4, -0.2) is 27.3 Å². The summed E-state index contributed by atoms with van der Waals surface area (Å²) < 4.78 is 1.67. The average molecular weight is 224 g/mol. The van der Waals surface area contributed by atoms with E-state index in [-0.39, 0.29) is 0 Å². The van der Waals surface area contributed by atoms with Crippen LogP contribution in [0.4, 0.5) is 0 Å². The summed E-state index contributed by atoms with van der Waals surface area (Å²) in [6, 6.07) is 7.36. The Morgan fingerprint density at radius 2 is 2.07 bits per heavy atom. The molecule has 78 valence electrons. The molecule has 0 spiro atoms. The summed E-state index contributed by atoms with van der Waals surface area (Å²) in [5.41, 5.74) is 0.898. The number of halogens is 1. The Morgan fingerprint density at radius 3 is 2.73 bits per heavy atom. The molecule has 1 heterocycles. The van der Waals surface area contributed by atoms with Gasteiger partial charge in [-0.15, -0.1) is 5.10 Å². The number of nitrogens with zero attached hydrogens (tertiary/aromatic N) is 4. The predicted octanol–water partition coefficient (Wildman–Crippen LogP) is 1.04. The molecule has 0 aliphatic heterocycles. The lowest BCUT2D eigenvalue weighted by atomic mass is 10.3. The lowest BCUT2D eigenvalue weighted by Crippen LogP contribution is -2.12. The maximum absolute atomic E-state index is 5.80. The molecule has 1 aromatic carbocycles. The van der Waals surface area contributed by atoms with E-state index in [0.717, 1.165) is 11.5 Å². The third kappa shape index (κ3) is 2.14. The molecule has 0 saturated carbocycles. The molecule has 0 saturated heterocycles. The summed E-state index contributed by atoms with van der Waals surface area (Å²) in [6.45, 7) is 0.621. The van der Waals surface area contributed by atoms with Crippen molar-refractivity contribution in [2.75, 3.05) is 7.05 Å². The Balaban J connectivity index is 2.36. The minimum Gasteiger partial charge on any atom is -0.313 e. The maximum Gasteiger partial charge on any atom is 0.170 e. The smallest absolute Gasteiger partial charge is 0.170 e. The molecule has 0 fully saturated rings. The number of hydrogen-bond acceptors (Lipinski definition) is 4. The van der Waals surface area contributed by atoms with Gasteiger partial charge < -0.3 is 5.32 Å². The monoisotopic (exact) mass is 223 g/mol. The molecule has 0 unspecified atom stereocenters. The van der Waals surface area contributed by atoms with Crippen LogP contribution in [0.1, 0.15) is 5.82 Å². The minimum absolute atomic E-state index is 0.621. The second kappa shape index (κ2) is 4.37. The second-order valence-corrected chi connectivity index (χ2v) is 3.45. The lowest BCUT2D eigenvalue weighted by molar-refractivity contribution is 0.709. The van der Waals surface area contributed by atoms with Crippen LogP contribution in [0.3, 0.4) is 0 Å². The van der Waals surface area contributed by atoms with E-state index >= 15 is 0 Å². The standard InChI is InChI=1S/C9H10ClN5/c1-11-6-9-12-13-14-15(9)8-4-2-7(10)3-5-8/h2-5,11H,6H2,1H3. The zero-order valence-corrected chi connectivity index (χ0v) is 8.94. The van der Waals surface area contributed by atoms with Crippen LogP contribution in [-0.2, 0) is 6.54 Å². The van der Waals surface area contributed by atoms with Crippen LogP contribution in [0, 0.1) is 0 Å². The molecular weight excluding hydrogens is 214 g/mol. The highest BCUT2D eigenvalue weighted by Gasteiger charge is 2.06.